The van der Waals surface area contributed by atoms with Crippen LogP contribution < -0.4 is 11.1 Å². The molecule has 116 valence electrons. The minimum atomic E-state index is -0.704. The summed E-state index contributed by atoms with van der Waals surface area (Å²) in [5.74, 6) is 0.135. The first kappa shape index (κ1) is 14.6. The number of fused-ring (bicyclic) bond motifs is 1. The highest BCUT2D eigenvalue weighted by atomic mass is 19.1. The van der Waals surface area contributed by atoms with Crippen LogP contribution in [0, 0.1) is 0 Å². The molecule has 2 aromatic rings. The molecule has 3 rings (SSSR count). The molecule has 1 fully saturated rings. The zero-order valence-electron chi connectivity index (χ0n) is 12.3. The summed E-state index contributed by atoms with van der Waals surface area (Å²) in [4.78, 5) is 21.9. The Morgan fingerprint density at radius 3 is 2.95 bits per heavy atom. The van der Waals surface area contributed by atoms with Crippen molar-refractivity contribution in [2.45, 2.75) is 19.1 Å². The lowest BCUT2D eigenvalue weighted by Gasteiger charge is -2.36. The predicted octanol–water partition coefficient (Wildman–Crippen LogP) is 1.18. The Morgan fingerprint density at radius 2 is 2.27 bits per heavy atom. The normalized spacial score (nSPS) is 17.2. The van der Waals surface area contributed by atoms with E-state index in [4.69, 9.17) is 5.73 Å². The van der Waals surface area contributed by atoms with Gasteiger partial charge in [-0.2, -0.15) is 0 Å². The summed E-state index contributed by atoms with van der Waals surface area (Å²) >= 11 is 0. The first-order valence-corrected chi connectivity index (χ1v) is 7.21. The molecular weight excluding hydrogens is 285 g/mol. The highest BCUT2D eigenvalue weighted by Crippen LogP contribution is 2.23. The molecule has 6 nitrogen and oxygen atoms in total. The Kier molecular flexibility index (Phi) is 3.89. The highest BCUT2D eigenvalue weighted by Gasteiger charge is 2.27. The number of nitrogens with two attached hydrogens (primary N) is 1. The first-order chi connectivity index (χ1) is 10.5. The van der Waals surface area contributed by atoms with Gasteiger partial charge < -0.3 is 11.1 Å². The second-order valence-electron chi connectivity index (χ2n) is 5.65. The summed E-state index contributed by atoms with van der Waals surface area (Å²) in [6, 6.07) is 5.35. The molecule has 0 spiro atoms. The van der Waals surface area contributed by atoms with Crippen LogP contribution in [-0.2, 0) is 0 Å². The number of aromatic nitrogens is 2. The fourth-order valence-corrected chi connectivity index (χ4v) is 2.72. The SMILES string of the molecule is CC(CN1CC(F)C1)Nc1ncnc2c(C(N)=O)cccc12. The lowest BCUT2D eigenvalue weighted by Crippen LogP contribution is -2.51. The number of nitrogens with one attached hydrogen (secondary N) is 1. The van der Waals surface area contributed by atoms with E-state index in [0.717, 1.165) is 11.9 Å². The van der Waals surface area contributed by atoms with Crippen molar-refractivity contribution in [2.75, 3.05) is 25.0 Å². The van der Waals surface area contributed by atoms with Crippen molar-refractivity contribution in [3.8, 4) is 0 Å². The third-order valence-electron chi connectivity index (χ3n) is 3.76. The Bertz CT molecular complexity index is 701. The molecule has 1 unspecified atom stereocenters. The van der Waals surface area contributed by atoms with Crippen molar-refractivity contribution >= 4 is 22.6 Å². The van der Waals surface area contributed by atoms with Crippen LogP contribution >= 0.6 is 0 Å². The molecule has 1 amide bonds. The Hall–Kier alpha value is -2.28. The van der Waals surface area contributed by atoms with Gasteiger partial charge in [0.15, 0.2) is 0 Å². The van der Waals surface area contributed by atoms with Crippen LogP contribution in [0.2, 0.25) is 0 Å². The minimum absolute atomic E-state index is 0.0998. The highest BCUT2D eigenvalue weighted by molar-refractivity contribution is 6.06. The molecule has 7 heteroatoms. The summed E-state index contributed by atoms with van der Waals surface area (Å²) in [7, 11) is 0. The van der Waals surface area contributed by atoms with Gasteiger partial charge in [0.1, 0.15) is 18.3 Å². The van der Waals surface area contributed by atoms with E-state index in [9.17, 15) is 9.18 Å². The number of likely N-dealkylation sites (tertiary alicyclic amines) is 1. The molecule has 1 aromatic heterocycles. The number of nitrogens with zero attached hydrogens (tertiary/aromatic N) is 3. The number of rotatable bonds is 5. The summed E-state index contributed by atoms with van der Waals surface area (Å²) in [5, 5.41) is 4.05. The third kappa shape index (κ3) is 2.85. The van der Waals surface area contributed by atoms with Gasteiger partial charge in [-0.25, -0.2) is 14.4 Å². The Labute approximate surface area is 127 Å². The average molecular weight is 303 g/mol. The van der Waals surface area contributed by atoms with Crippen LogP contribution in [0.25, 0.3) is 10.9 Å². The summed E-state index contributed by atoms with van der Waals surface area (Å²) in [5.41, 5.74) is 6.28. The smallest absolute Gasteiger partial charge is 0.250 e. The molecule has 3 N–H and O–H groups in total. The number of anilines is 1. The van der Waals surface area contributed by atoms with E-state index in [1.54, 1.807) is 12.1 Å². The number of carbonyl (C=O) groups is 1. The van der Waals surface area contributed by atoms with Crippen LogP contribution in [0.5, 0.6) is 0 Å². The molecule has 1 aliphatic rings. The number of amides is 1. The zero-order chi connectivity index (χ0) is 15.7. The summed E-state index contributed by atoms with van der Waals surface area (Å²) in [6.07, 6.45) is 0.704. The van der Waals surface area contributed by atoms with Gasteiger partial charge in [0.2, 0.25) is 0 Å². The molecule has 1 aliphatic heterocycles. The van der Waals surface area contributed by atoms with Crippen LogP contribution in [0.1, 0.15) is 17.3 Å². The number of hydrogen-bond acceptors (Lipinski definition) is 5. The molecule has 2 heterocycles. The largest absolute Gasteiger partial charge is 0.366 e. The van der Waals surface area contributed by atoms with Crippen molar-refractivity contribution in [3.05, 3.63) is 30.1 Å². The molecule has 0 bridgehead atoms. The van der Waals surface area contributed by atoms with Crippen molar-refractivity contribution in [3.63, 3.8) is 0 Å². The van der Waals surface area contributed by atoms with E-state index in [1.807, 2.05) is 17.9 Å². The second kappa shape index (κ2) is 5.84. The van der Waals surface area contributed by atoms with Gasteiger partial charge in [-0.1, -0.05) is 6.07 Å². The number of primary amides is 1. The van der Waals surface area contributed by atoms with Gasteiger partial charge in [0, 0.05) is 31.1 Å². The van der Waals surface area contributed by atoms with Crippen LogP contribution in [-0.4, -0.2) is 52.6 Å². The van der Waals surface area contributed by atoms with E-state index in [0.29, 0.717) is 30.0 Å². The molecule has 1 aromatic carbocycles. The van der Waals surface area contributed by atoms with Crippen molar-refractivity contribution < 1.29 is 9.18 Å². The molecular formula is C15H18FN5O. The van der Waals surface area contributed by atoms with E-state index in [-0.39, 0.29) is 6.04 Å². The van der Waals surface area contributed by atoms with Gasteiger partial charge in [-0.05, 0) is 19.1 Å². The average Bonchev–Trinajstić information content (AvgIpc) is 2.45. The van der Waals surface area contributed by atoms with Crippen LogP contribution in [0.4, 0.5) is 10.2 Å². The Morgan fingerprint density at radius 1 is 1.50 bits per heavy atom. The molecule has 22 heavy (non-hydrogen) atoms. The standard InChI is InChI=1S/C15H18FN5O/c1-9(5-21-6-10(16)7-21)20-15-12-4-2-3-11(14(17)22)13(12)18-8-19-15/h2-4,8-10H,5-7H2,1H3,(H2,17,22)(H,18,19,20). The molecule has 0 radical (unpaired) electrons. The van der Waals surface area contributed by atoms with Gasteiger partial charge in [-0.15, -0.1) is 0 Å². The predicted molar refractivity (Wildman–Crippen MR) is 82.5 cm³/mol. The van der Waals surface area contributed by atoms with Crippen LogP contribution in [0.15, 0.2) is 24.5 Å². The van der Waals surface area contributed by atoms with Gasteiger partial charge in [0.05, 0.1) is 11.1 Å². The fraction of sp³-hybridized carbons (Fsp3) is 0.400. The lowest BCUT2D eigenvalue weighted by molar-refractivity contribution is 0.0636. The quantitative estimate of drug-likeness (QED) is 0.866. The lowest BCUT2D eigenvalue weighted by atomic mass is 10.1. The van der Waals surface area contributed by atoms with Crippen molar-refractivity contribution in [1.29, 1.82) is 0 Å². The third-order valence-corrected chi connectivity index (χ3v) is 3.76. The van der Waals surface area contributed by atoms with Crippen molar-refractivity contribution in [2.24, 2.45) is 5.73 Å². The van der Waals surface area contributed by atoms with E-state index in [2.05, 4.69) is 15.3 Å². The summed E-state index contributed by atoms with van der Waals surface area (Å²) < 4.78 is 12.8. The number of carbonyl (C=O) groups excluding carboxylic acids is 1. The maximum absolute atomic E-state index is 12.8. The van der Waals surface area contributed by atoms with Gasteiger partial charge in [-0.3, -0.25) is 9.69 Å². The molecule has 0 saturated carbocycles. The van der Waals surface area contributed by atoms with E-state index >= 15 is 0 Å². The maximum Gasteiger partial charge on any atom is 0.250 e. The monoisotopic (exact) mass is 303 g/mol. The summed E-state index contributed by atoms with van der Waals surface area (Å²) in [6.45, 7) is 3.73. The number of hydrogen-bond donors (Lipinski definition) is 2. The zero-order valence-corrected chi connectivity index (χ0v) is 12.3. The first-order valence-electron chi connectivity index (χ1n) is 7.21. The number of para-hydroxylation sites is 1. The number of benzene rings is 1. The number of alkyl halides is 1. The molecule has 0 aliphatic carbocycles. The Balaban J connectivity index is 1.81. The molecule has 1 atom stereocenters. The minimum Gasteiger partial charge on any atom is -0.366 e. The second-order valence-corrected chi connectivity index (χ2v) is 5.65. The van der Waals surface area contributed by atoms with E-state index in [1.165, 1.54) is 6.33 Å². The van der Waals surface area contributed by atoms with E-state index < -0.39 is 12.1 Å². The van der Waals surface area contributed by atoms with Crippen molar-refractivity contribution in [1.82, 2.24) is 14.9 Å². The molecule has 1 saturated heterocycles. The van der Waals surface area contributed by atoms with Gasteiger partial charge in [0.25, 0.3) is 5.91 Å². The number of halogens is 1. The van der Waals surface area contributed by atoms with Crippen LogP contribution in [0.3, 0.4) is 0 Å². The maximum atomic E-state index is 12.8. The fourth-order valence-electron chi connectivity index (χ4n) is 2.72. The topological polar surface area (TPSA) is 84.1 Å². The van der Waals surface area contributed by atoms with Gasteiger partial charge >= 0.3 is 0 Å².